The van der Waals surface area contributed by atoms with Gasteiger partial charge in [-0.05, 0) is 5.92 Å². The maximum absolute atomic E-state index is 8.83. The molecule has 0 fully saturated rings. The quantitative estimate of drug-likeness (QED) is 0.785. The summed E-state index contributed by atoms with van der Waals surface area (Å²) < 4.78 is 4.23. The summed E-state index contributed by atoms with van der Waals surface area (Å²) in [5.74, 6) is 1.51. The van der Waals surface area contributed by atoms with Crippen LogP contribution in [0.15, 0.2) is 0 Å². The van der Waals surface area contributed by atoms with Gasteiger partial charge in [-0.25, -0.2) is 4.98 Å². The van der Waals surface area contributed by atoms with Crippen molar-refractivity contribution in [3.05, 3.63) is 5.82 Å². The van der Waals surface area contributed by atoms with Crippen LogP contribution in [0, 0.1) is 5.92 Å². The molecule has 0 aliphatic heterocycles. The summed E-state index contributed by atoms with van der Waals surface area (Å²) >= 11 is 1.38. The Morgan fingerprint density at radius 2 is 2.14 bits per heavy atom. The van der Waals surface area contributed by atoms with Gasteiger partial charge in [0, 0.05) is 30.6 Å². The lowest BCUT2D eigenvalue weighted by molar-refractivity contribution is 0.244. The summed E-state index contributed by atoms with van der Waals surface area (Å²) in [4.78, 5) is 4.33. The van der Waals surface area contributed by atoms with E-state index in [9.17, 15) is 0 Å². The minimum absolute atomic E-state index is 0.197. The standard InChI is InChI=1S/C9H17N3OS/c1-6(2)8-11-9(14-12-8)10-4-7(3)5-13/h6-7,13H,4-5H2,1-3H3,(H,10,11,12). The first-order valence-electron chi connectivity index (χ1n) is 4.81. The summed E-state index contributed by atoms with van der Waals surface area (Å²) in [6, 6.07) is 0. The number of rotatable bonds is 5. The molecule has 1 aromatic heterocycles. The van der Waals surface area contributed by atoms with E-state index in [0.29, 0.717) is 5.92 Å². The number of hydrogen-bond donors (Lipinski definition) is 2. The van der Waals surface area contributed by atoms with Gasteiger partial charge in [-0.15, -0.1) is 0 Å². The molecule has 0 radical (unpaired) electrons. The molecule has 0 aromatic carbocycles. The molecule has 14 heavy (non-hydrogen) atoms. The molecular formula is C9H17N3OS. The number of anilines is 1. The van der Waals surface area contributed by atoms with Crippen molar-refractivity contribution in [2.45, 2.75) is 26.7 Å². The molecule has 0 saturated carbocycles. The van der Waals surface area contributed by atoms with Crippen molar-refractivity contribution in [1.29, 1.82) is 0 Å². The average molecular weight is 215 g/mol. The predicted octanol–water partition coefficient (Wildman–Crippen LogP) is 1.70. The van der Waals surface area contributed by atoms with Crippen molar-refractivity contribution in [3.8, 4) is 0 Å². The lowest BCUT2D eigenvalue weighted by Gasteiger charge is -2.07. The normalized spacial score (nSPS) is 13.2. The average Bonchev–Trinajstić information content (AvgIpc) is 2.62. The van der Waals surface area contributed by atoms with E-state index in [-0.39, 0.29) is 12.5 Å². The summed E-state index contributed by atoms with van der Waals surface area (Å²) in [5, 5.41) is 12.8. The largest absolute Gasteiger partial charge is 0.396 e. The third-order valence-corrected chi connectivity index (χ3v) is 2.56. The summed E-state index contributed by atoms with van der Waals surface area (Å²) in [6.07, 6.45) is 0. The lowest BCUT2D eigenvalue weighted by atomic mass is 10.2. The van der Waals surface area contributed by atoms with Crippen LogP contribution in [-0.2, 0) is 0 Å². The zero-order chi connectivity index (χ0) is 10.6. The zero-order valence-corrected chi connectivity index (χ0v) is 9.64. The van der Waals surface area contributed by atoms with Crippen LogP contribution in [0.5, 0.6) is 0 Å². The smallest absolute Gasteiger partial charge is 0.202 e. The molecule has 0 aliphatic rings. The van der Waals surface area contributed by atoms with E-state index in [0.717, 1.165) is 17.5 Å². The van der Waals surface area contributed by atoms with Crippen LogP contribution in [0.25, 0.3) is 0 Å². The van der Waals surface area contributed by atoms with Gasteiger partial charge in [-0.2, -0.15) is 4.37 Å². The maximum Gasteiger partial charge on any atom is 0.202 e. The monoisotopic (exact) mass is 215 g/mol. The third kappa shape index (κ3) is 3.23. The van der Waals surface area contributed by atoms with Gasteiger partial charge in [0.15, 0.2) is 0 Å². The first-order valence-corrected chi connectivity index (χ1v) is 5.59. The Morgan fingerprint density at radius 3 is 2.64 bits per heavy atom. The second kappa shape index (κ2) is 5.26. The number of nitrogens with zero attached hydrogens (tertiary/aromatic N) is 2. The first kappa shape index (κ1) is 11.4. The maximum atomic E-state index is 8.83. The molecule has 0 bridgehead atoms. The molecular weight excluding hydrogens is 198 g/mol. The molecule has 4 nitrogen and oxygen atoms in total. The van der Waals surface area contributed by atoms with Crippen molar-refractivity contribution < 1.29 is 5.11 Å². The molecule has 2 N–H and O–H groups in total. The minimum Gasteiger partial charge on any atom is -0.396 e. The van der Waals surface area contributed by atoms with Crippen LogP contribution >= 0.6 is 11.5 Å². The van der Waals surface area contributed by atoms with E-state index in [2.05, 4.69) is 28.5 Å². The highest BCUT2D eigenvalue weighted by molar-refractivity contribution is 7.09. The van der Waals surface area contributed by atoms with Gasteiger partial charge in [0.1, 0.15) is 5.82 Å². The highest BCUT2D eigenvalue weighted by Gasteiger charge is 2.07. The zero-order valence-electron chi connectivity index (χ0n) is 8.82. The topological polar surface area (TPSA) is 58.0 Å². The second-order valence-electron chi connectivity index (χ2n) is 3.78. The van der Waals surface area contributed by atoms with Gasteiger partial charge in [-0.3, -0.25) is 0 Å². The van der Waals surface area contributed by atoms with Crippen LogP contribution < -0.4 is 5.32 Å². The Kier molecular flexibility index (Phi) is 4.28. The summed E-state index contributed by atoms with van der Waals surface area (Å²) in [6.45, 7) is 7.06. The third-order valence-electron chi connectivity index (χ3n) is 1.87. The Bertz CT molecular complexity index is 275. The molecule has 1 unspecified atom stereocenters. The second-order valence-corrected chi connectivity index (χ2v) is 4.53. The molecule has 5 heteroatoms. The first-order chi connectivity index (χ1) is 6.63. The number of aromatic nitrogens is 2. The van der Waals surface area contributed by atoms with Gasteiger partial charge in [-0.1, -0.05) is 20.8 Å². The number of aliphatic hydroxyl groups is 1. The Hall–Kier alpha value is -0.680. The molecule has 1 atom stereocenters. The molecule has 1 heterocycles. The molecule has 0 spiro atoms. The molecule has 0 aliphatic carbocycles. The number of aliphatic hydroxyl groups excluding tert-OH is 1. The van der Waals surface area contributed by atoms with Gasteiger partial charge in [0.05, 0.1) is 0 Å². The fourth-order valence-corrected chi connectivity index (χ4v) is 1.58. The molecule has 1 aromatic rings. The van der Waals surface area contributed by atoms with Crippen LogP contribution in [-0.4, -0.2) is 27.6 Å². The summed E-state index contributed by atoms with van der Waals surface area (Å²) in [7, 11) is 0. The van der Waals surface area contributed by atoms with Gasteiger partial charge >= 0.3 is 0 Å². The van der Waals surface area contributed by atoms with E-state index in [4.69, 9.17) is 5.11 Å². The van der Waals surface area contributed by atoms with E-state index in [1.54, 1.807) is 0 Å². The van der Waals surface area contributed by atoms with E-state index in [1.807, 2.05) is 6.92 Å². The van der Waals surface area contributed by atoms with Crippen molar-refractivity contribution in [1.82, 2.24) is 9.36 Å². The highest BCUT2D eigenvalue weighted by atomic mass is 32.1. The van der Waals surface area contributed by atoms with Gasteiger partial charge in [0.25, 0.3) is 0 Å². The Labute approximate surface area is 88.6 Å². The van der Waals surface area contributed by atoms with Crippen molar-refractivity contribution >= 4 is 16.7 Å². The van der Waals surface area contributed by atoms with Crippen LogP contribution in [0.4, 0.5) is 5.13 Å². The van der Waals surface area contributed by atoms with Crippen LogP contribution in [0.2, 0.25) is 0 Å². The number of nitrogens with one attached hydrogen (secondary N) is 1. The van der Waals surface area contributed by atoms with Gasteiger partial charge < -0.3 is 10.4 Å². The fourth-order valence-electron chi connectivity index (χ4n) is 0.867. The number of hydrogen-bond acceptors (Lipinski definition) is 5. The molecule has 0 saturated heterocycles. The van der Waals surface area contributed by atoms with E-state index < -0.39 is 0 Å². The Balaban J connectivity index is 2.44. The molecule has 1 rings (SSSR count). The summed E-state index contributed by atoms with van der Waals surface area (Å²) in [5.41, 5.74) is 0. The van der Waals surface area contributed by atoms with Crippen molar-refractivity contribution in [2.75, 3.05) is 18.5 Å². The van der Waals surface area contributed by atoms with Crippen LogP contribution in [0.1, 0.15) is 32.5 Å². The predicted molar refractivity (Wildman–Crippen MR) is 58.7 cm³/mol. The Morgan fingerprint density at radius 1 is 1.43 bits per heavy atom. The van der Waals surface area contributed by atoms with Crippen molar-refractivity contribution in [2.24, 2.45) is 5.92 Å². The van der Waals surface area contributed by atoms with Crippen LogP contribution in [0.3, 0.4) is 0 Å². The minimum atomic E-state index is 0.197. The molecule has 0 amide bonds. The highest BCUT2D eigenvalue weighted by Crippen LogP contribution is 2.17. The fraction of sp³-hybridized carbons (Fsp3) is 0.778. The lowest BCUT2D eigenvalue weighted by Crippen LogP contribution is -2.14. The van der Waals surface area contributed by atoms with E-state index >= 15 is 0 Å². The molecule has 80 valence electrons. The van der Waals surface area contributed by atoms with E-state index in [1.165, 1.54) is 11.5 Å². The SMILES string of the molecule is CC(CO)CNc1nc(C(C)C)ns1. The van der Waals surface area contributed by atoms with Gasteiger partial charge in [0.2, 0.25) is 5.13 Å². The van der Waals surface area contributed by atoms with Crippen molar-refractivity contribution in [3.63, 3.8) is 0 Å².